The fourth-order valence-electron chi connectivity index (χ4n) is 2.13. The molecule has 0 aliphatic heterocycles. The SMILES string of the molecule is CC(C1C=CC=C1)n1cnc2nc[nH]c2c1=N. The van der Waals surface area contributed by atoms with Crippen LogP contribution in [0.15, 0.2) is 37.0 Å². The minimum absolute atomic E-state index is 0.178. The molecule has 1 atom stereocenters. The van der Waals surface area contributed by atoms with Gasteiger partial charge in [0, 0.05) is 12.0 Å². The summed E-state index contributed by atoms with van der Waals surface area (Å²) in [4.78, 5) is 11.3. The van der Waals surface area contributed by atoms with E-state index < -0.39 is 0 Å². The largest absolute Gasteiger partial charge is 0.340 e. The number of imidazole rings is 1. The first-order chi connectivity index (χ1) is 8.27. The summed E-state index contributed by atoms with van der Waals surface area (Å²) in [5, 5.41) is 8.15. The third-order valence-electron chi connectivity index (χ3n) is 3.19. The molecule has 5 nitrogen and oxygen atoms in total. The second-order valence-corrected chi connectivity index (χ2v) is 4.19. The third-order valence-corrected chi connectivity index (χ3v) is 3.19. The second-order valence-electron chi connectivity index (χ2n) is 4.19. The maximum atomic E-state index is 8.15. The van der Waals surface area contributed by atoms with Crippen LogP contribution in [0.5, 0.6) is 0 Å². The molecule has 5 heteroatoms. The molecular formula is C12H13N5. The van der Waals surface area contributed by atoms with Crippen LogP contribution < -0.4 is 5.49 Å². The first kappa shape index (κ1) is 10.0. The highest BCUT2D eigenvalue weighted by molar-refractivity contribution is 5.67. The van der Waals surface area contributed by atoms with E-state index in [1.54, 1.807) is 12.7 Å². The smallest absolute Gasteiger partial charge is 0.182 e. The molecule has 17 heavy (non-hydrogen) atoms. The number of fused-ring (bicyclic) bond motifs is 1. The van der Waals surface area contributed by atoms with E-state index in [1.807, 2.05) is 16.7 Å². The normalized spacial score (nSPS) is 17.0. The molecule has 2 heterocycles. The molecule has 0 bridgehead atoms. The number of hydrogen-bond donors (Lipinski definition) is 2. The maximum Gasteiger partial charge on any atom is 0.182 e. The Hall–Kier alpha value is -2.17. The van der Waals surface area contributed by atoms with Crippen molar-refractivity contribution < 1.29 is 0 Å². The molecule has 0 fully saturated rings. The standard InChI is InChI=1S/C12H13N5/c1-8(9-4-2-3-5-9)17-7-16-12-10(11(17)13)14-6-15-12/h2-9,13H,1H3,(H,14,15). The first-order valence-electron chi connectivity index (χ1n) is 5.57. The molecule has 1 unspecified atom stereocenters. The van der Waals surface area contributed by atoms with Gasteiger partial charge in [-0.05, 0) is 6.92 Å². The minimum atomic E-state index is 0.178. The predicted octanol–water partition coefficient (Wildman–Crippen LogP) is 1.54. The Morgan fingerprint density at radius 2 is 2.12 bits per heavy atom. The number of hydrogen-bond acceptors (Lipinski definition) is 3. The van der Waals surface area contributed by atoms with Crippen LogP contribution in [0.4, 0.5) is 0 Å². The topological polar surface area (TPSA) is 70.3 Å². The lowest BCUT2D eigenvalue weighted by Crippen LogP contribution is -2.27. The van der Waals surface area contributed by atoms with Crippen molar-refractivity contribution in [2.75, 3.05) is 0 Å². The van der Waals surface area contributed by atoms with Gasteiger partial charge in [-0.1, -0.05) is 24.3 Å². The lowest BCUT2D eigenvalue weighted by atomic mass is 10.0. The summed E-state index contributed by atoms with van der Waals surface area (Å²) in [7, 11) is 0. The maximum absolute atomic E-state index is 8.15. The van der Waals surface area contributed by atoms with Crippen molar-refractivity contribution in [2.24, 2.45) is 5.92 Å². The number of H-pyrrole nitrogens is 1. The second kappa shape index (κ2) is 3.69. The summed E-state index contributed by atoms with van der Waals surface area (Å²) in [6, 6.07) is 0.178. The van der Waals surface area contributed by atoms with Crippen molar-refractivity contribution in [1.82, 2.24) is 19.5 Å². The lowest BCUT2D eigenvalue weighted by molar-refractivity contribution is 0.456. The Labute approximate surface area is 98.0 Å². The third kappa shape index (κ3) is 1.51. The van der Waals surface area contributed by atoms with E-state index in [2.05, 4.69) is 34.0 Å². The summed E-state index contributed by atoms with van der Waals surface area (Å²) >= 11 is 0. The zero-order chi connectivity index (χ0) is 11.8. The van der Waals surface area contributed by atoms with Gasteiger partial charge in [0.2, 0.25) is 0 Å². The molecule has 2 aromatic rings. The van der Waals surface area contributed by atoms with E-state index in [4.69, 9.17) is 5.41 Å². The van der Waals surface area contributed by atoms with Crippen molar-refractivity contribution in [2.45, 2.75) is 13.0 Å². The van der Waals surface area contributed by atoms with Gasteiger partial charge in [-0.3, -0.25) is 5.41 Å². The molecule has 0 radical (unpaired) electrons. The first-order valence-corrected chi connectivity index (χ1v) is 5.57. The monoisotopic (exact) mass is 227 g/mol. The summed E-state index contributed by atoms with van der Waals surface area (Å²) in [6.07, 6.45) is 11.6. The average molecular weight is 227 g/mol. The van der Waals surface area contributed by atoms with Crippen LogP contribution in [0.1, 0.15) is 13.0 Å². The van der Waals surface area contributed by atoms with Crippen LogP contribution in [0.3, 0.4) is 0 Å². The van der Waals surface area contributed by atoms with Crippen LogP contribution in [-0.2, 0) is 0 Å². The van der Waals surface area contributed by atoms with Gasteiger partial charge in [-0.25, -0.2) is 9.97 Å². The van der Waals surface area contributed by atoms with Gasteiger partial charge >= 0.3 is 0 Å². The van der Waals surface area contributed by atoms with Gasteiger partial charge in [-0.2, -0.15) is 0 Å². The molecule has 86 valence electrons. The highest BCUT2D eigenvalue weighted by atomic mass is 15.1. The zero-order valence-electron chi connectivity index (χ0n) is 9.46. The molecule has 3 rings (SSSR count). The Morgan fingerprint density at radius 1 is 1.35 bits per heavy atom. The van der Waals surface area contributed by atoms with Crippen molar-refractivity contribution in [3.63, 3.8) is 0 Å². The zero-order valence-corrected chi connectivity index (χ0v) is 9.46. The van der Waals surface area contributed by atoms with Gasteiger partial charge < -0.3 is 9.55 Å². The highest BCUT2D eigenvalue weighted by Gasteiger charge is 2.16. The minimum Gasteiger partial charge on any atom is -0.340 e. The molecular weight excluding hydrogens is 214 g/mol. The molecule has 1 aliphatic carbocycles. The Bertz CT molecular complexity index is 649. The number of aromatic amines is 1. The number of nitrogens with one attached hydrogen (secondary N) is 2. The lowest BCUT2D eigenvalue weighted by Gasteiger charge is -2.19. The van der Waals surface area contributed by atoms with Crippen LogP contribution >= 0.6 is 0 Å². The van der Waals surface area contributed by atoms with E-state index in [0.29, 0.717) is 22.6 Å². The molecule has 0 aromatic carbocycles. The fraction of sp³-hybridized carbons (Fsp3) is 0.250. The molecule has 0 saturated carbocycles. The Kier molecular flexibility index (Phi) is 2.18. The quantitative estimate of drug-likeness (QED) is 0.817. The average Bonchev–Trinajstić information content (AvgIpc) is 3.00. The number of aromatic nitrogens is 4. The van der Waals surface area contributed by atoms with Gasteiger partial charge in [0.1, 0.15) is 5.52 Å². The number of rotatable bonds is 2. The molecule has 2 aromatic heterocycles. The van der Waals surface area contributed by atoms with Gasteiger partial charge in [0.05, 0.1) is 12.7 Å². The van der Waals surface area contributed by atoms with E-state index in [1.165, 1.54) is 0 Å². The molecule has 1 aliphatic rings. The summed E-state index contributed by atoms with van der Waals surface area (Å²) < 4.78 is 1.87. The van der Waals surface area contributed by atoms with E-state index in [-0.39, 0.29) is 6.04 Å². The molecule has 0 saturated heterocycles. The number of nitrogens with zero attached hydrogens (tertiary/aromatic N) is 3. The molecule has 0 amide bonds. The van der Waals surface area contributed by atoms with Gasteiger partial charge in [-0.15, -0.1) is 0 Å². The van der Waals surface area contributed by atoms with Crippen molar-refractivity contribution >= 4 is 11.2 Å². The van der Waals surface area contributed by atoms with E-state index in [0.717, 1.165) is 0 Å². The summed E-state index contributed by atoms with van der Waals surface area (Å²) in [5.41, 5.74) is 1.70. The van der Waals surface area contributed by atoms with Crippen LogP contribution in [0, 0.1) is 11.3 Å². The van der Waals surface area contributed by atoms with Crippen molar-refractivity contribution in [3.8, 4) is 0 Å². The van der Waals surface area contributed by atoms with Crippen molar-refractivity contribution in [1.29, 1.82) is 5.41 Å². The Morgan fingerprint density at radius 3 is 2.88 bits per heavy atom. The fourth-order valence-corrected chi connectivity index (χ4v) is 2.13. The summed E-state index contributed by atoms with van der Waals surface area (Å²) in [5.74, 6) is 0.325. The molecule has 0 spiro atoms. The van der Waals surface area contributed by atoms with E-state index >= 15 is 0 Å². The van der Waals surface area contributed by atoms with Gasteiger partial charge in [0.15, 0.2) is 11.1 Å². The number of allylic oxidation sites excluding steroid dienone is 4. The van der Waals surface area contributed by atoms with Crippen LogP contribution in [0.2, 0.25) is 0 Å². The van der Waals surface area contributed by atoms with Crippen molar-refractivity contribution in [3.05, 3.63) is 42.4 Å². The highest BCUT2D eigenvalue weighted by Crippen LogP contribution is 2.22. The Balaban J connectivity index is 2.10. The predicted molar refractivity (Wildman–Crippen MR) is 64.2 cm³/mol. The molecule has 2 N–H and O–H groups in total. The summed E-state index contributed by atoms with van der Waals surface area (Å²) in [6.45, 7) is 2.09. The van der Waals surface area contributed by atoms with E-state index in [9.17, 15) is 0 Å². The van der Waals surface area contributed by atoms with Crippen LogP contribution in [-0.4, -0.2) is 19.5 Å². The van der Waals surface area contributed by atoms with Crippen LogP contribution in [0.25, 0.3) is 11.2 Å². The van der Waals surface area contributed by atoms with Gasteiger partial charge in [0.25, 0.3) is 0 Å².